The number of rotatable bonds is 4. The number of carbonyl (C=O) groups is 2. The van der Waals surface area contributed by atoms with E-state index in [1.54, 1.807) is 0 Å². The van der Waals surface area contributed by atoms with Crippen molar-refractivity contribution in [2.24, 2.45) is 5.73 Å². The lowest BCUT2D eigenvalue weighted by Gasteiger charge is -2.46. The van der Waals surface area contributed by atoms with Crippen molar-refractivity contribution >= 4 is 11.8 Å². The number of carbonyl (C=O) groups excluding carboxylic acids is 2. The van der Waals surface area contributed by atoms with E-state index in [-0.39, 0.29) is 6.42 Å². The summed E-state index contributed by atoms with van der Waals surface area (Å²) >= 11 is 0. The van der Waals surface area contributed by atoms with Gasteiger partial charge in [0.2, 0.25) is 5.78 Å². The van der Waals surface area contributed by atoms with Crippen molar-refractivity contribution in [1.29, 1.82) is 0 Å². The number of hydrogen-bond acceptors (Lipinski definition) is 8. The molecule has 0 aliphatic carbocycles. The highest BCUT2D eigenvalue weighted by atomic mass is 16.7. The molecule has 8 heteroatoms. The van der Waals surface area contributed by atoms with Crippen LogP contribution in [0.5, 0.6) is 0 Å². The molecule has 5 atom stereocenters. The number of ether oxygens (including phenoxy) is 2. The van der Waals surface area contributed by atoms with Gasteiger partial charge in [-0.15, -0.1) is 0 Å². The highest BCUT2D eigenvalue weighted by Crippen LogP contribution is 2.31. The number of esters is 1. The molecule has 110 valence electrons. The third-order valence-corrected chi connectivity index (χ3v) is 3.09. The second kappa shape index (κ2) is 5.93. The van der Waals surface area contributed by atoms with Crippen molar-refractivity contribution in [2.75, 3.05) is 6.61 Å². The Hall–Kier alpha value is -1.06. The molecule has 1 saturated heterocycles. The maximum atomic E-state index is 11.7. The smallest absolute Gasteiger partial charge is 0.308 e. The zero-order valence-electron chi connectivity index (χ0n) is 10.8. The molecule has 1 unspecified atom stereocenters. The average molecular weight is 277 g/mol. The summed E-state index contributed by atoms with van der Waals surface area (Å²) in [7, 11) is 0. The van der Waals surface area contributed by atoms with E-state index in [0.29, 0.717) is 0 Å². The van der Waals surface area contributed by atoms with E-state index in [0.717, 1.165) is 6.92 Å². The Morgan fingerprint density at radius 1 is 1.37 bits per heavy atom. The molecule has 1 heterocycles. The molecule has 0 aromatic rings. The van der Waals surface area contributed by atoms with Crippen LogP contribution in [0.2, 0.25) is 0 Å². The van der Waals surface area contributed by atoms with E-state index < -0.39 is 48.5 Å². The molecule has 1 rings (SSSR count). The Labute approximate surface area is 110 Å². The third kappa shape index (κ3) is 2.77. The predicted molar refractivity (Wildman–Crippen MR) is 61.7 cm³/mol. The summed E-state index contributed by atoms with van der Waals surface area (Å²) in [5.41, 5.74) is 5.65. The Morgan fingerprint density at radius 3 is 2.37 bits per heavy atom. The van der Waals surface area contributed by atoms with Crippen molar-refractivity contribution in [1.82, 2.24) is 0 Å². The fourth-order valence-electron chi connectivity index (χ4n) is 1.90. The van der Waals surface area contributed by atoms with E-state index in [4.69, 9.17) is 20.3 Å². The number of ketones is 1. The van der Waals surface area contributed by atoms with Crippen molar-refractivity contribution in [2.45, 2.75) is 50.4 Å². The molecular formula is C11H19NO7. The summed E-state index contributed by atoms with van der Waals surface area (Å²) in [5, 5.41) is 28.5. The first kappa shape index (κ1) is 16.0. The van der Waals surface area contributed by atoms with Gasteiger partial charge in [-0.25, -0.2) is 0 Å². The lowest BCUT2D eigenvalue weighted by molar-refractivity contribution is -0.302. The van der Waals surface area contributed by atoms with Gasteiger partial charge in [-0.2, -0.15) is 0 Å². The number of Topliss-reactive ketones (excluding diaryl/α,β-unsaturated/α-hetero) is 1. The molecule has 0 aromatic carbocycles. The van der Waals surface area contributed by atoms with Crippen LogP contribution in [-0.4, -0.2) is 63.8 Å². The van der Waals surface area contributed by atoms with Crippen LogP contribution in [0.15, 0.2) is 0 Å². The Balaban J connectivity index is 3.13. The molecule has 1 aliphatic rings. The lowest BCUT2D eigenvalue weighted by Crippen LogP contribution is -2.72. The van der Waals surface area contributed by atoms with E-state index in [9.17, 15) is 19.8 Å². The van der Waals surface area contributed by atoms with Gasteiger partial charge in [0.25, 0.3) is 5.79 Å². The van der Waals surface area contributed by atoms with Crippen molar-refractivity contribution in [3.05, 3.63) is 0 Å². The summed E-state index contributed by atoms with van der Waals surface area (Å²) in [6.07, 6.45) is -4.34. The van der Waals surface area contributed by atoms with Crippen LogP contribution in [-0.2, 0) is 19.1 Å². The minimum absolute atomic E-state index is 0.0203. The van der Waals surface area contributed by atoms with Crippen LogP contribution >= 0.6 is 0 Å². The largest absolute Gasteiger partial charge is 0.423 e. The zero-order valence-corrected chi connectivity index (χ0v) is 10.8. The van der Waals surface area contributed by atoms with Gasteiger partial charge in [0.15, 0.2) is 0 Å². The maximum absolute atomic E-state index is 11.7. The number of aliphatic hydroxyl groups is 3. The van der Waals surface area contributed by atoms with E-state index in [1.165, 1.54) is 6.92 Å². The first-order chi connectivity index (χ1) is 8.80. The standard InChI is InChI=1S/C11H19NO7/c1-3-7(15)19-11(5(2)14)10(12)9(17)8(16)6(4-13)18-11/h6,8-10,13,16-17H,3-4,12H2,1-2H3/t6-,8-,9+,10+,11?/m1/s1. The van der Waals surface area contributed by atoms with Crippen molar-refractivity contribution in [3.8, 4) is 0 Å². The molecule has 19 heavy (non-hydrogen) atoms. The molecule has 0 saturated carbocycles. The van der Waals surface area contributed by atoms with Crippen LogP contribution in [0.1, 0.15) is 20.3 Å². The van der Waals surface area contributed by atoms with Crippen molar-refractivity contribution in [3.63, 3.8) is 0 Å². The molecule has 5 N–H and O–H groups in total. The minimum atomic E-state index is -2.20. The number of hydrogen-bond donors (Lipinski definition) is 4. The van der Waals surface area contributed by atoms with Crippen LogP contribution in [0.3, 0.4) is 0 Å². The molecule has 0 aromatic heterocycles. The zero-order chi connectivity index (χ0) is 14.8. The molecule has 1 fully saturated rings. The van der Waals surface area contributed by atoms with Gasteiger partial charge in [-0.1, -0.05) is 6.92 Å². The van der Waals surface area contributed by atoms with Crippen LogP contribution in [0.25, 0.3) is 0 Å². The summed E-state index contributed by atoms with van der Waals surface area (Å²) in [6.45, 7) is 1.94. The summed E-state index contributed by atoms with van der Waals surface area (Å²) in [5.74, 6) is -3.67. The average Bonchev–Trinajstić information content (AvgIpc) is 2.39. The predicted octanol–water partition coefficient (Wildman–Crippen LogP) is -2.33. The van der Waals surface area contributed by atoms with Gasteiger partial charge >= 0.3 is 5.97 Å². The topological polar surface area (TPSA) is 139 Å². The molecule has 0 bridgehead atoms. The van der Waals surface area contributed by atoms with Gasteiger partial charge in [-0.05, 0) is 0 Å². The Bertz CT molecular complexity index is 359. The monoisotopic (exact) mass is 277 g/mol. The van der Waals surface area contributed by atoms with Gasteiger partial charge in [0, 0.05) is 13.3 Å². The summed E-state index contributed by atoms with van der Waals surface area (Å²) in [6, 6.07) is -1.45. The third-order valence-electron chi connectivity index (χ3n) is 3.09. The van der Waals surface area contributed by atoms with E-state index in [1.807, 2.05) is 0 Å². The second-order valence-electron chi connectivity index (χ2n) is 4.40. The highest BCUT2D eigenvalue weighted by Gasteiger charge is 2.58. The summed E-state index contributed by atoms with van der Waals surface area (Å²) < 4.78 is 10.1. The quantitative estimate of drug-likeness (QED) is 0.419. The minimum Gasteiger partial charge on any atom is -0.423 e. The molecule has 0 radical (unpaired) electrons. The normalized spacial score (nSPS) is 38.8. The first-order valence-corrected chi connectivity index (χ1v) is 5.93. The highest BCUT2D eigenvalue weighted by molar-refractivity contribution is 5.87. The first-order valence-electron chi connectivity index (χ1n) is 5.93. The van der Waals surface area contributed by atoms with Crippen LogP contribution in [0, 0.1) is 0 Å². The lowest BCUT2D eigenvalue weighted by atomic mass is 9.88. The van der Waals surface area contributed by atoms with Gasteiger partial charge in [0.1, 0.15) is 24.4 Å². The van der Waals surface area contributed by atoms with Gasteiger partial charge in [0.05, 0.1) is 6.61 Å². The van der Waals surface area contributed by atoms with Gasteiger partial charge in [-0.3, -0.25) is 9.59 Å². The molecule has 8 nitrogen and oxygen atoms in total. The fourth-order valence-corrected chi connectivity index (χ4v) is 1.90. The maximum Gasteiger partial charge on any atom is 0.308 e. The van der Waals surface area contributed by atoms with Gasteiger partial charge < -0.3 is 30.5 Å². The fraction of sp³-hybridized carbons (Fsp3) is 0.818. The molecular weight excluding hydrogens is 258 g/mol. The summed E-state index contributed by atoms with van der Waals surface area (Å²) in [4.78, 5) is 23.1. The number of aliphatic hydroxyl groups excluding tert-OH is 3. The van der Waals surface area contributed by atoms with Crippen LogP contribution in [0.4, 0.5) is 0 Å². The van der Waals surface area contributed by atoms with Crippen LogP contribution < -0.4 is 5.73 Å². The number of nitrogens with two attached hydrogens (primary N) is 1. The van der Waals surface area contributed by atoms with E-state index in [2.05, 4.69) is 0 Å². The molecule has 0 spiro atoms. The Morgan fingerprint density at radius 2 is 1.95 bits per heavy atom. The van der Waals surface area contributed by atoms with E-state index >= 15 is 0 Å². The Kier molecular flexibility index (Phi) is 4.99. The molecule has 0 amide bonds. The molecule has 1 aliphatic heterocycles. The SMILES string of the molecule is CCC(=O)OC1(C(C)=O)O[C@H](CO)[C@@H](O)[C@H](O)[C@@H]1N. The van der Waals surface area contributed by atoms with Crippen molar-refractivity contribution < 1.29 is 34.4 Å². The second-order valence-corrected chi connectivity index (χ2v) is 4.40.